The quantitative estimate of drug-likeness (QED) is 0.460. The summed E-state index contributed by atoms with van der Waals surface area (Å²) in [5.41, 5.74) is 3.38. The summed E-state index contributed by atoms with van der Waals surface area (Å²) in [6.07, 6.45) is 6.68. The molecule has 4 heterocycles. The van der Waals surface area contributed by atoms with Crippen LogP contribution in [0.25, 0.3) is 33.2 Å². The second kappa shape index (κ2) is 6.25. The van der Waals surface area contributed by atoms with E-state index in [2.05, 4.69) is 15.1 Å². The maximum absolute atomic E-state index is 13.7. The number of pyridine rings is 2. The summed E-state index contributed by atoms with van der Waals surface area (Å²) in [6.45, 7) is 1.92. The molecule has 8 heteroatoms. The van der Waals surface area contributed by atoms with E-state index in [0.717, 1.165) is 21.9 Å². The zero-order valence-corrected chi connectivity index (χ0v) is 16.6. The van der Waals surface area contributed by atoms with Gasteiger partial charge in [-0.15, -0.1) is 0 Å². The Kier molecular flexibility index (Phi) is 3.78. The lowest BCUT2D eigenvalue weighted by Gasteiger charge is -2.11. The molecule has 0 saturated heterocycles. The van der Waals surface area contributed by atoms with E-state index >= 15 is 0 Å². The molecule has 0 amide bonds. The molecule has 0 spiro atoms. The van der Waals surface area contributed by atoms with Crippen molar-refractivity contribution >= 4 is 32.0 Å². The third kappa shape index (κ3) is 2.64. The molecule has 0 radical (unpaired) electrons. The fourth-order valence-corrected chi connectivity index (χ4v) is 5.04. The Morgan fingerprint density at radius 3 is 2.52 bits per heavy atom. The summed E-state index contributed by atoms with van der Waals surface area (Å²) in [5.74, 6) is 0. The van der Waals surface area contributed by atoms with Gasteiger partial charge in [0.25, 0.3) is 10.0 Å². The predicted octanol–water partition coefficient (Wildman–Crippen LogP) is 3.53. The molecule has 29 heavy (non-hydrogen) atoms. The zero-order chi connectivity index (χ0) is 20.2. The van der Waals surface area contributed by atoms with Crippen molar-refractivity contribution in [2.45, 2.75) is 11.8 Å². The first-order valence-electron chi connectivity index (χ1n) is 9.01. The van der Waals surface area contributed by atoms with E-state index in [-0.39, 0.29) is 4.90 Å². The molecule has 1 aromatic carbocycles. The molecule has 0 bridgehead atoms. The Balaban J connectivity index is 1.91. The normalized spacial score (nSPS) is 12.1. The van der Waals surface area contributed by atoms with E-state index in [1.807, 2.05) is 26.1 Å². The SMILES string of the molecule is Cc1ccc(S(=O)(=O)n2c(-c3cccnc3)cc3c4c(cnc32)cnn4C)cc1. The molecule has 144 valence electrons. The summed E-state index contributed by atoms with van der Waals surface area (Å²) in [6, 6.07) is 12.3. The summed E-state index contributed by atoms with van der Waals surface area (Å²) in [7, 11) is -2.05. The third-order valence-electron chi connectivity index (χ3n) is 5.00. The molecule has 0 N–H and O–H groups in total. The molecule has 0 atom stereocenters. The lowest BCUT2D eigenvalue weighted by atomic mass is 10.2. The number of rotatable bonds is 3. The van der Waals surface area contributed by atoms with Crippen molar-refractivity contribution in [2.75, 3.05) is 0 Å². The number of fused-ring (bicyclic) bond motifs is 3. The van der Waals surface area contributed by atoms with E-state index < -0.39 is 10.0 Å². The van der Waals surface area contributed by atoms with Gasteiger partial charge in [0.05, 0.1) is 22.3 Å². The van der Waals surface area contributed by atoms with Gasteiger partial charge in [0.1, 0.15) is 0 Å². The number of hydrogen-bond donors (Lipinski definition) is 0. The monoisotopic (exact) mass is 403 g/mol. The average Bonchev–Trinajstić information content (AvgIpc) is 3.30. The number of nitrogens with zero attached hydrogens (tertiary/aromatic N) is 5. The van der Waals surface area contributed by atoms with Crippen LogP contribution in [-0.2, 0) is 17.1 Å². The predicted molar refractivity (Wildman–Crippen MR) is 111 cm³/mol. The first-order chi connectivity index (χ1) is 14.0. The van der Waals surface area contributed by atoms with Gasteiger partial charge >= 0.3 is 0 Å². The molecule has 0 aliphatic heterocycles. The van der Waals surface area contributed by atoms with Crippen LogP contribution < -0.4 is 0 Å². The molecule has 5 rings (SSSR count). The van der Waals surface area contributed by atoms with Crippen LogP contribution in [0.15, 0.2) is 72.1 Å². The van der Waals surface area contributed by atoms with Gasteiger partial charge in [0.15, 0.2) is 5.65 Å². The number of benzene rings is 1. The zero-order valence-electron chi connectivity index (χ0n) is 15.8. The Hall–Kier alpha value is -3.52. The summed E-state index contributed by atoms with van der Waals surface area (Å²) < 4.78 is 30.3. The maximum Gasteiger partial charge on any atom is 0.269 e. The molecule has 0 fully saturated rings. The summed E-state index contributed by atoms with van der Waals surface area (Å²) >= 11 is 0. The fourth-order valence-electron chi connectivity index (χ4n) is 3.56. The maximum atomic E-state index is 13.7. The fraction of sp³-hybridized carbons (Fsp3) is 0.0952. The molecule has 0 aliphatic carbocycles. The smallest absolute Gasteiger partial charge is 0.267 e. The van der Waals surface area contributed by atoms with Crippen LogP contribution in [0.5, 0.6) is 0 Å². The highest BCUT2D eigenvalue weighted by molar-refractivity contribution is 7.90. The second-order valence-electron chi connectivity index (χ2n) is 6.92. The highest BCUT2D eigenvalue weighted by Gasteiger charge is 2.26. The second-order valence-corrected chi connectivity index (χ2v) is 8.71. The van der Waals surface area contributed by atoms with E-state index in [1.165, 1.54) is 3.97 Å². The molecule has 0 saturated carbocycles. The summed E-state index contributed by atoms with van der Waals surface area (Å²) in [5, 5.41) is 5.86. The standard InChI is InChI=1S/C21H17N5O2S/c1-14-5-7-17(8-6-14)29(27,28)26-19(15-4-3-9-22-11-15)10-18-20-16(12-23-21(18)26)13-24-25(20)2/h3-13H,1-2H3. The molecular formula is C21H17N5O2S. The topological polar surface area (TPSA) is 82.7 Å². The molecular weight excluding hydrogens is 386 g/mol. The molecule has 0 unspecified atom stereocenters. The first kappa shape index (κ1) is 17.6. The van der Waals surface area contributed by atoms with Crippen molar-refractivity contribution in [3.05, 3.63) is 72.8 Å². The van der Waals surface area contributed by atoms with E-state index in [9.17, 15) is 8.42 Å². The van der Waals surface area contributed by atoms with Crippen molar-refractivity contribution in [1.29, 1.82) is 0 Å². The van der Waals surface area contributed by atoms with Crippen molar-refractivity contribution in [2.24, 2.45) is 7.05 Å². The number of hydrogen-bond acceptors (Lipinski definition) is 5. The molecule has 4 aromatic heterocycles. The van der Waals surface area contributed by atoms with Gasteiger partial charge in [0, 0.05) is 42.0 Å². The minimum atomic E-state index is -3.89. The lowest BCUT2D eigenvalue weighted by Crippen LogP contribution is -2.14. The Bertz CT molecular complexity index is 1470. The average molecular weight is 403 g/mol. The van der Waals surface area contributed by atoms with Crippen LogP contribution in [0.1, 0.15) is 5.56 Å². The van der Waals surface area contributed by atoms with Gasteiger partial charge in [-0.05, 0) is 37.3 Å². The van der Waals surface area contributed by atoms with Crippen LogP contribution in [0.3, 0.4) is 0 Å². The first-order valence-corrected chi connectivity index (χ1v) is 10.5. The van der Waals surface area contributed by atoms with Crippen LogP contribution in [-0.4, -0.2) is 32.1 Å². The Labute approximate surface area is 167 Å². The van der Waals surface area contributed by atoms with Gasteiger partial charge in [0.2, 0.25) is 0 Å². The van der Waals surface area contributed by atoms with Gasteiger partial charge in [-0.3, -0.25) is 9.67 Å². The lowest BCUT2D eigenvalue weighted by molar-refractivity contribution is 0.589. The van der Waals surface area contributed by atoms with Crippen LogP contribution in [0.4, 0.5) is 0 Å². The van der Waals surface area contributed by atoms with Gasteiger partial charge in [-0.2, -0.15) is 5.10 Å². The summed E-state index contributed by atoms with van der Waals surface area (Å²) in [4.78, 5) is 8.86. The third-order valence-corrected chi connectivity index (χ3v) is 6.72. The number of aryl methyl sites for hydroxylation is 2. The highest BCUT2D eigenvalue weighted by atomic mass is 32.2. The minimum absolute atomic E-state index is 0.206. The minimum Gasteiger partial charge on any atom is -0.267 e. The molecule has 5 aromatic rings. The Morgan fingerprint density at radius 2 is 1.79 bits per heavy atom. The molecule has 0 aliphatic rings. The van der Waals surface area contributed by atoms with Crippen molar-refractivity contribution in [1.82, 2.24) is 23.7 Å². The largest absolute Gasteiger partial charge is 0.269 e. The van der Waals surface area contributed by atoms with Crippen LogP contribution in [0.2, 0.25) is 0 Å². The van der Waals surface area contributed by atoms with E-state index in [0.29, 0.717) is 16.9 Å². The van der Waals surface area contributed by atoms with Gasteiger partial charge in [-0.25, -0.2) is 17.4 Å². The van der Waals surface area contributed by atoms with E-state index in [4.69, 9.17) is 0 Å². The van der Waals surface area contributed by atoms with Gasteiger partial charge < -0.3 is 0 Å². The van der Waals surface area contributed by atoms with Crippen LogP contribution >= 0.6 is 0 Å². The van der Waals surface area contributed by atoms with Crippen molar-refractivity contribution in [3.63, 3.8) is 0 Å². The van der Waals surface area contributed by atoms with Gasteiger partial charge in [-0.1, -0.05) is 17.7 Å². The van der Waals surface area contributed by atoms with Crippen LogP contribution in [0, 0.1) is 6.92 Å². The van der Waals surface area contributed by atoms with E-state index in [1.54, 1.807) is 59.8 Å². The van der Waals surface area contributed by atoms with Crippen molar-refractivity contribution < 1.29 is 8.42 Å². The van der Waals surface area contributed by atoms with Crippen molar-refractivity contribution in [3.8, 4) is 11.3 Å². The number of aromatic nitrogens is 5. The Morgan fingerprint density at radius 1 is 1.00 bits per heavy atom. The molecule has 7 nitrogen and oxygen atoms in total. The highest BCUT2D eigenvalue weighted by Crippen LogP contribution is 2.34.